The van der Waals surface area contributed by atoms with Crippen molar-refractivity contribution in [3.05, 3.63) is 23.8 Å². The summed E-state index contributed by atoms with van der Waals surface area (Å²) < 4.78 is 0. The molecule has 0 atom stereocenters. The first-order valence-corrected chi connectivity index (χ1v) is 6.38. The topological polar surface area (TPSA) is 38.0 Å². The summed E-state index contributed by atoms with van der Waals surface area (Å²) in [5, 5.41) is 3.63. The fraction of sp³-hybridized carbons (Fsp3) is 0.571. The van der Waals surface area contributed by atoms with Crippen molar-refractivity contribution in [2.45, 2.75) is 51.5 Å². The summed E-state index contributed by atoms with van der Waals surface area (Å²) in [5.41, 5.74) is 9.09. The van der Waals surface area contributed by atoms with E-state index in [2.05, 4.69) is 24.4 Å². The minimum atomic E-state index is 0.658. The second-order valence-electron chi connectivity index (χ2n) is 4.90. The zero-order chi connectivity index (χ0) is 11.4. The van der Waals surface area contributed by atoms with Crippen LogP contribution < -0.4 is 11.1 Å². The third-order valence-corrected chi connectivity index (χ3v) is 3.50. The van der Waals surface area contributed by atoms with Crippen molar-refractivity contribution in [3.8, 4) is 0 Å². The predicted molar refractivity (Wildman–Crippen MR) is 70.7 cm³/mol. The average molecular weight is 218 g/mol. The van der Waals surface area contributed by atoms with Crippen LogP contribution in [0.1, 0.15) is 44.1 Å². The number of hydrogen-bond acceptors (Lipinski definition) is 2. The number of nitrogens with one attached hydrogen (secondary N) is 1. The van der Waals surface area contributed by atoms with E-state index >= 15 is 0 Å². The smallest absolute Gasteiger partial charge is 0.0346 e. The van der Waals surface area contributed by atoms with E-state index < -0.39 is 0 Å². The molecule has 0 amide bonds. The molecule has 16 heavy (non-hydrogen) atoms. The number of nitrogens with two attached hydrogens (primary N) is 1. The molecular formula is C14H22N2. The molecule has 0 radical (unpaired) electrons. The summed E-state index contributed by atoms with van der Waals surface area (Å²) >= 11 is 0. The van der Waals surface area contributed by atoms with Crippen molar-refractivity contribution >= 4 is 11.4 Å². The van der Waals surface area contributed by atoms with Gasteiger partial charge < -0.3 is 11.1 Å². The molecule has 0 bridgehead atoms. The third kappa shape index (κ3) is 2.91. The summed E-state index contributed by atoms with van der Waals surface area (Å²) in [6.07, 6.45) is 8.15. The van der Waals surface area contributed by atoms with Gasteiger partial charge in [0.2, 0.25) is 0 Å². The van der Waals surface area contributed by atoms with E-state index in [9.17, 15) is 0 Å². The predicted octanol–water partition coefficient (Wildman–Crippen LogP) is 3.71. The van der Waals surface area contributed by atoms with Gasteiger partial charge in [-0.15, -0.1) is 0 Å². The first-order chi connectivity index (χ1) is 7.75. The lowest BCUT2D eigenvalue weighted by Gasteiger charge is -2.18. The second-order valence-corrected chi connectivity index (χ2v) is 4.90. The lowest BCUT2D eigenvalue weighted by atomic mass is 10.1. The molecule has 0 aromatic heterocycles. The van der Waals surface area contributed by atoms with E-state index in [1.807, 2.05) is 6.07 Å². The Labute approximate surface area is 98.2 Å². The fourth-order valence-corrected chi connectivity index (χ4v) is 2.42. The Morgan fingerprint density at radius 1 is 1.12 bits per heavy atom. The quantitative estimate of drug-likeness (QED) is 0.586. The van der Waals surface area contributed by atoms with Crippen molar-refractivity contribution < 1.29 is 0 Å². The molecule has 0 heterocycles. The van der Waals surface area contributed by atoms with Crippen LogP contribution in [0.3, 0.4) is 0 Å². The lowest BCUT2D eigenvalue weighted by molar-refractivity contribution is 0.620. The van der Waals surface area contributed by atoms with Crippen LogP contribution in [-0.4, -0.2) is 6.04 Å². The number of aryl methyl sites for hydroxylation is 1. The minimum Gasteiger partial charge on any atom is -0.399 e. The van der Waals surface area contributed by atoms with E-state index in [1.54, 1.807) is 0 Å². The molecular weight excluding hydrogens is 196 g/mol. The summed E-state index contributed by atoms with van der Waals surface area (Å²) in [6, 6.07) is 6.90. The number of anilines is 2. The van der Waals surface area contributed by atoms with E-state index in [4.69, 9.17) is 5.73 Å². The molecule has 1 saturated carbocycles. The van der Waals surface area contributed by atoms with Crippen molar-refractivity contribution in [1.29, 1.82) is 0 Å². The van der Waals surface area contributed by atoms with Crippen LogP contribution in [0.4, 0.5) is 11.4 Å². The molecule has 3 N–H and O–H groups in total. The number of nitrogen functional groups attached to an aromatic ring is 1. The van der Waals surface area contributed by atoms with E-state index in [0.717, 1.165) is 5.69 Å². The maximum Gasteiger partial charge on any atom is 0.0346 e. The van der Waals surface area contributed by atoms with Crippen molar-refractivity contribution in [2.24, 2.45) is 0 Å². The molecule has 1 aromatic carbocycles. The van der Waals surface area contributed by atoms with Crippen LogP contribution in [0.2, 0.25) is 0 Å². The summed E-state index contributed by atoms with van der Waals surface area (Å²) in [5.74, 6) is 0. The number of hydrogen-bond donors (Lipinski definition) is 2. The molecule has 2 nitrogen and oxygen atoms in total. The number of rotatable bonds is 2. The van der Waals surface area contributed by atoms with Crippen LogP contribution in [0.25, 0.3) is 0 Å². The van der Waals surface area contributed by atoms with Gasteiger partial charge in [0, 0.05) is 17.4 Å². The summed E-state index contributed by atoms with van der Waals surface area (Å²) in [7, 11) is 0. The van der Waals surface area contributed by atoms with Gasteiger partial charge in [0.1, 0.15) is 0 Å². The Morgan fingerprint density at radius 2 is 1.81 bits per heavy atom. The molecule has 1 aliphatic rings. The van der Waals surface area contributed by atoms with Crippen molar-refractivity contribution in [3.63, 3.8) is 0 Å². The molecule has 1 fully saturated rings. The maximum atomic E-state index is 5.82. The monoisotopic (exact) mass is 218 g/mol. The molecule has 0 aliphatic heterocycles. The molecule has 0 unspecified atom stereocenters. The Kier molecular flexibility index (Phi) is 3.70. The van der Waals surface area contributed by atoms with Gasteiger partial charge in [-0.1, -0.05) is 25.7 Å². The maximum absolute atomic E-state index is 5.82. The van der Waals surface area contributed by atoms with Gasteiger partial charge in [-0.2, -0.15) is 0 Å². The van der Waals surface area contributed by atoms with Crippen LogP contribution in [0.15, 0.2) is 18.2 Å². The summed E-state index contributed by atoms with van der Waals surface area (Å²) in [4.78, 5) is 0. The molecule has 88 valence electrons. The Bertz CT molecular complexity index is 339. The van der Waals surface area contributed by atoms with Gasteiger partial charge in [0.05, 0.1) is 0 Å². The molecule has 2 heteroatoms. The zero-order valence-corrected chi connectivity index (χ0v) is 10.1. The average Bonchev–Trinajstić information content (AvgIpc) is 2.52. The molecule has 2 rings (SSSR count). The summed E-state index contributed by atoms with van der Waals surface area (Å²) in [6.45, 7) is 2.06. The van der Waals surface area contributed by atoms with Crippen molar-refractivity contribution in [1.82, 2.24) is 0 Å². The second kappa shape index (κ2) is 5.24. The van der Waals surface area contributed by atoms with Gasteiger partial charge in [0.25, 0.3) is 0 Å². The number of benzene rings is 1. The van der Waals surface area contributed by atoms with Gasteiger partial charge in [-0.3, -0.25) is 0 Å². The fourth-order valence-electron chi connectivity index (χ4n) is 2.42. The minimum absolute atomic E-state index is 0.658. The Hall–Kier alpha value is -1.18. The first kappa shape index (κ1) is 11.3. The van der Waals surface area contributed by atoms with Crippen LogP contribution >= 0.6 is 0 Å². The van der Waals surface area contributed by atoms with E-state index in [0.29, 0.717) is 6.04 Å². The molecule has 0 spiro atoms. The normalized spacial score (nSPS) is 18.1. The van der Waals surface area contributed by atoms with Crippen LogP contribution in [0.5, 0.6) is 0 Å². The largest absolute Gasteiger partial charge is 0.399 e. The SMILES string of the molecule is Cc1cc(NC2CCCCCC2)ccc1N. The molecule has 1 aromatic rings. The highest BCUT2D eigenvalue weighted by Crippen LogP contribution is 2.23. The van der Waals surface area contributed by atoms with Crippen LogP contribution in [0, 0.1) is 6.92 Å². The van der Waals surface area contributed by atoms with Gasteiger partial charge >= 0.3 is 0 Å². The van der Waals surface area contributed by atoms with Gasteiger partial charge in [-0.05, 0) is 43.5 Å². The molecule has 1 aliphatic carbocycles. The lowest BCUT2D eigenvalue weighted by Crippen LogP contribution is -2.18. The third-order valence-electron chi connectivity index (χ3n) is 3.50. The standard InChI is InChI=1S/C14H22N2/c1-11-10-13(8-9-14(11)15)16-12-6-4-2-3-5-7-12/h8-10,12,16H,2-7,15H2,1H3. The van der Waals surface area contributed by atoms with Crippen molar-refractivity contribution in [2.75, 3.05) is 11.1 Å². The van der Waals surface area contributed by atoms with Gasteiger partial charge in [-0.25, -0.2) is 0 Å². The molecule has 0 saturated heterocycles. The highest BCUT2D eigenvalue weighted by atomic mass is 14.9. The van der Waals surface area contributed by atoms with Crippen LogP contribution in [-0.2, 0) is 0 Å². The Morgan fingerprint density at radius 3 is 2.44 bits per heavy atom. The first-order valence-electron chi connectivity index (χ1n) is 6.38. The van der Waals surface area contributed by atoms with Gasteiger partial charge in [0.15, 0.2) is 0 Å². The van der Waals surface area contributed by atoms with E-state index in [-0.39, 0.29) is 0 Å². The highest BCUT2D eigenvalue weighted by molar-refractivity contribution is 5.57. The Balaban J connectivity index is 1.99. The van der Waals surface area contributed by atoms with E-state index in [1.165, 1.54) is 49.8 Å². The highest BCUT2D eigenvalue weighted by Gasteiger charge is 2.11. The zero-order valence-electron chi connectivity index (χ0n) is 10.1.